The van der Waals surface area contributed by atoms with Gasteiger partial charge in [-0.15, -0.1) is 0 Å². The van der Waals surface area contributed by atoms with E-state index in [9.17, 15) is 9.59 Å². The number of benzene rings is 1. The summed E-state index contributed by atoms with van der Waals surface area (Å²) in [7, 11) is 0. The molecule has 0 aliphatic heterocycles. The van der Waals surface area contributed by atoms with Crippen LogP contribution in [0, 0.1) is 27.7 Å². The molecule has 3 rings (SSSR count). The third-order valence-electron chi connectivity index (χ3n) is 4.17. The van der Waals surface area contributed by atoms with Gasteiger partial charge in [0.05, 0.1) is 6.42 Å². The second-order valence-corrected chi connectivity index (χ2v) is 6.48. The molecule has 25 heavy (non-hydrogen) atoms. The molecule has 1 aromatic carbocycles. The number of carbonyl (C=O) groups excluding carboxylic acids is 1. The van der Waals surface area contributed by atoms with E-state index in [1.165, 1.54) is 6.07 Å². The first-order chi connectivity index (χ1) is 11.8. The van der Waals surface area contributed by atoms with Crippen LogP contribution >= 0.6 is 11.6 Å². The average Bonchev–Trinajstić information content (AvgIpc) is 2.89. The monoisotopic (exact) mass is 359 g/mol. The van der Waals surface area contributed by atoms with Crippen molar-refractivity contribution in [3.8, 4) is 5.75 Å². The lowest BCUT2D eigenvalue weighted by Gasteiger charge is -2.12. The van der Waals surface area contributed by atoms with E-state index >= 15 is 0 Å². The van der Waals surface area contributed by atoms with Crippen molar-refractivity contribution >= 4 is 23.2 Å². The van der Waals surface area contributed by atoms with Crippen LogP contribution < -0.4 is 10.3 Å². The van der Waals surface area contributed by atoms with Crippen LogP contribution in [0.4, 0.5) is 0 Å². The van der Waals surface area contributed by atoms with Crippen LogP contribution in [0.25, 0.3) is 5.65 Å². The fourth-order valence-corrected chi connectivity index (χ4v) is 3.00. The minimum atomic E-state index is -0.400. The smallest absolute Gasteiger partial charge is 0.315 e. The van der Waals surface area contributed by atoms with Crippen LogP contribution in [0.3, 0.4) is 0 Å². The molecule has 130 valence electrons. The molecule has 0 saturated carbocycles. The van der Waals surface area contributed by atoms with Crippen LogP contribution in [0.15, 0.2) is 23.0 Å². The summed E-state index contributed by atoms with van der Waals surface area (Å²) in [6, 6.07) is 4.89. The fraction of sp³-hybridized carbons (Fsp3) is 0.278. The van der Waals surface area contributed by atoms with E-state index in [0.29, 0.717) is 22.1 Å². The molecule has 0 aliphatic rings. The van der Waals surface area contributed by atoms with Crippen LogP contribution in [0.1, 0.15) is 28.1 Å². The maximum Gasteiger partial charge on any atom is 0.315 e. The number of fused-ring (bicyclic) bond motifs is 1. The average molecular weight is 360 g/mol. The molecule has 2 aromatic heterocycles. The maximum atomic E-state index is 12.4. The van der Waals surface area contributed by atoms with Crippen molar-refractivity contribution in [3.63, 3.8) is 0 Å². The second-order valence-electron chi connectivity index (χ2n) is 6.10. The summed E-state index contributed by atoms with van der Waals surface area (Å²) in [5, 5.41) is 3.33. The molecule has 7 heteroatoms. The summed E-state index contributed by atoms with van der Waals surface area (Å²) < 4.78 is 7.03. The Kier molecular flexibility index (Phi) is 4.39. The predicted octanol–water partition coefficient (Wildman–Crippen LogP) is 3.06. The first kappa shape index (κ1) is 17.2. The molecule has 0 aliphatic carbocycles. The van der Waals surface area contributed by atoms with E-state index in [-0.39, 0.29) is 12.0 Å². The lowest BCUT2D eigenvalue weighted by atomic mass is 10.1. The molecule has 0 bridgehead atoms. The van der Waals surface area contributed by atoms with Crippen LogP contribution in [0.2, 0.25) is 5.02 Å². The van der Waals surface area contributed by atoms with Gasteiger partial charge in [-0.25, -0.2) is 9.50 Å². The molecule has 0 saturated heterocycles. The number of carbonyl (C=O) groups is 1. The number of halogens is 1. The second kappa shape index (κ2) is 6.37. The molecule has 0 unspecified atom stereocenters. The van der Waals surface area contributed by atoms with E-state index < -0.39 is 5.97 Å². The highest BCUT2D eigenvalue weighted by atomic mass is 35.5. The fourth-order valence-electron chi connectivity index (χ4n) is 2.89. The Morgan fingerprint density at radius 2 is 1.84 bits per heavy atom. The Bertz CT molecular complexity index is 1030. The molecule has 6 nitrogen and oxygen atoms in total. The van der Waals surface area contributed by atoms with Gasteiger partial charge in [0.15, 0.2) is 5.65 Å². The Hall–Kier alpha value is -2.60. The predicted molar refractivity (Wildman–Crippen MR) is 95.6 cm³/mol. The molecule has 0 fully saturated rings. The van der Waals surface area contributed by atoms with Gasteiger partial charge in [0.1, 0.15) is 5.75 Å². The van der Waals surface area contributed by atoms with Crippen molar-refractivity contribution in [2.24, 2.45) is 0 Å². The van der Waals surface area contributed by atoms with Gasteiger partial charge >= 0.3 is 5.97 Å². The van der Waals surface area contributed by atoms with Crippen molar-refractivity contribution in [2.45, 2.75) is 34.1 Å². The van der Waals surface area contributed by atoms with E-state index in [0.717, 1.165) is 22.4 Å². The topological polar surface area (TPSA) is 76.5 Å². The highest BCUT2D eigenvalue weighted by molar-refractivity contribution is 6.32. The van der Waals surface area contributed by atoms with E-state index in [1.54, 1.807) is 16.6 Å². The van der Waals surface area contributed by atoms with Crippen molar-refractivity contribution < 1.29 is 9.53 Å². The quantitative estimate of drug-likeness (QED) is 0.576. The summed E-state index contributed by atoms with van der Waals surface area (Å²) in [5.74, 6) is 0.0612. The number of aryl methyl sites for hydroxylation is 4. The van der Waals surface area contributed by atoms with Gasteiger partial charge in [0.25, 0.3) is 5.56 Å². The number of nitrogens with one attached hydrogen (secondary N) is 1. The molecule has 3 aromatic rings. The maximum absolute atomic E-state index is 12.4. The largest absolute Gasteiger partial charge is 0.426 e. The van der Waals surface area contributed by atoms with Crippen LogP contribution in [0.5, 0.6) is 5.75 Å². The zero-order chi connectivity index (χ0) is 18.3. The minimum Gasteiger partial charge on any atom is -0.426 e. The SMILES string of the molecule is Cc1cc(OC(=O)Cc2c(C)nc3cc(=O)[nH]n3c2C)cc(C)c1Cl. The summed E-state index contributed by atoms with van der Waals surface area (Å²) in [6.07, 6.45) is 0.0571. The molecule has 0 spiro atoms. The van der Waals surface area contributed by atoms with Gasteiger partial charge < -0.3 is 4.74 Å². The van der Waals surface area contributed by atoms with Gasteiger partial charge in [-0.2, -0.15) is 0 Å². The Labute approximate surface area is 149 Å². The lowest BCUT2D eigenvalue weighted by Crippen LogP contribution is -2.16. The molecule has 0 radical (unpaired) electrons. The Balaban J connectivity index is 1.88. The molecule has 1 N–H and O–H groups in total. The third kappa shape index (κ3) is 3.30. The van der Waals surface area contributed by atoms with Gasteiger partial charge in [0, 0.05) is 28.0 Å². The minimum absolute atomic E-state index is 0.0571. The standard InChI is InChI=1S/C18H18ClN3O3/c1-9-5-13(6-10(2)18(9)19)25-17(24)7-14-11(3)20-15-8-16(23)21-22(15)12(14)4/h5-6,8H,7H2,1-4H3,(H,21,23). The number of ether oxygens (including phenoxy) is 1. The highest BCUT2D eigenvalue weighted by Gasteiger charge is 2.16. The van der Waals surface area contributed by atoms with Crippen LogP contribution in [-0.2, 0) is 11.2 Å². The number of hydrogen-bond acceptors (Lipinski definition) is 4. The summed E-state index contributed by atoms with van der Waals surface area (Å²) >= 11 is 6.13. The van der Waals surface area contributed by atoms with Gasteiger partial charge in [-0.05, 0) is 51.0 Å². The number of H-pyrrole nitrogens is 1. The molecule has 0 atom stereocenters. The van der Waals surface area contributed by atoms with Gasteiger partial charge in [-0.1, -0.05) is 11.6 Å². The molecular formula is C18H18ClN3O3. The number of esters is 1. The van der Waals surface area contributed by atoms with Gasteiger partial charge in [0.2, 0.25) is 0 Å². The first-order valence-electron chi connectivity index (χ1n) is 7.81. The van der Waals surface area contributed by atoms with E-state index in [4.69, 9.17) is 16.3 Å². The van der Waals surface area contributed by atoms with Crippen molar-refractivity contribution in [1.82, 2.24) is 14.6 Å². The number of nitrogens with zero attached hydrogens (tertiary/aromatic N) is 2. The summed E-state index contributed by atoms with van der Waals surface area (Å²) in [4.78, 5) is 28.2. The lowest BCUT2D eigenvalue weighted by molar-refractivity contribution is -0.133. The van der Waals surface area contributed by atoms with E-state index in [2.05, 4.69) is 10.1 Å². The highest BCUT2D eigenvalue weighted by Crippen LogP contribution is 2.26. The van der Waals surface area contributed by atoms with Crippen molar-refractivity contribution in [2.75, 3.05) is 0 Å². The van der Waals surface area contributed by atoms with Crippen LogP contribution in [-0.4, -0.2) is 20.6 Å². The molecular weight excluding hydrogens is 342 g/mol. The van der Waals surface area contributed by atoms with Gasteiger partial charge in [-0.3, -0.25) is 14.7 Å². The zero-order valence-electron chi connectivity index (χ0n) is 14.4. The third-order valence-corrected chi connectivity index (χ3v) is 4.76. The number of rotatable bonds is 3. The molecule has 2 heterocycles. The normalized spacial score (nSPS) is 11.1. The summed E-state index contributed by atoms with van der Waals surface area (Å²) in [5.41, 5.74) is 4.17. The zero-order valence-corrected chi connectivity index (χ0v) is 15.2. The number of aromatic nitrogens is 3. The van der Waals surface area contributed by atoms with Crippen molar-refractivity contribution in [3.05, 3.63) is 61.7 Å². The van der Waals surface area contributed by atoms with Crippen molar-refractivity contribution in [1.29, 1.82) is 0 Å². The van der Waals surface area contributed by atoms with E-state index in [1.807, 2.05) is 27.7 Å². The first-order valence-corrected chi connectivity index (χ1v) is 8.19. The molecule has 0 amide bonds. The number of hydrogen-bond donors (Lipinski definition) is 1. The Morgan fingerprint density at radius 1 is 1.20 bits per heavy atom. The number of aromatic amines is 1. The summed E-state index contributed by atoms with van der Waals surface area (Å²) in [6.45, 7) is 7.36. The Morgan fingerprint density at radius 3 is 2.48 bits per heavy atom.